The lowest BCUT2D eigenvalue weighted by molar-refractivity contribution is -0.137. The van der Waals surface area contributed by atoms with E-state index in [1.807, 2.05) is 0 Å². The third-order valence-corrected chi connectivity index (χ3v) is 2.84. The second-order valence-corrected chi connectivity index (χ2v) is 3.82. The Balaban J connectivity index is 1.95. The van der Waals surface area contributed by atoms with Gasteiger partial charge in [0, 0.05) is 32.1 Å². The number of carbonyl (C=O) groups is 2. The lowest BCUT2D eigenvalue weighted by Crippen LogP contribution is -2.57. The molecule has 5 nitrogen and oxygen atoms in total. The molecule has 78 valence electrons. The third kappa shape index (κ3) is 1.93. The second-order valence-electron chi connectivity index (χ2n) is 3.82. The van der Waals surface area contributed by atoms with Crippen LogP contribution in [0.5, 0.6) is 0 Å². The Bertz CT molecular complexity index is 248. The van der Waals surface area contributed by atoms with Crippen molar-refractivity contribution < 1.29 is 9.59 Å². The summed E-state index contributed by atoms with van der Waals surface area (Å²) < 4.78 is 0. The average Bonchev–Trinajstić information content (AvgIpc) is 2.19. The molecule has 0 spiro atoms. The minimum absolute atomic E-state index is 0.0551. The highest BCUT2D eigenvalue weighted by atomic mass is 16.2. The van der Waals surface area contributed by atoms with Crippen LogP contribution >= 0.6 is 0 Å². The van der Waals surface area contributed by atoms with E-state index in [4.69, 9.17) is 0 Å². The molecule has 3 N–H and O–H groups in total. The van der Waals surface area contributed by atoms with Crippen molar-refractivity contribution in [1.82, 2.24) is 16.0 Å². The molecule has 0 aliphatic carbocycles. The van der Waals surface area contributed by atoms with Crippen LogP contribution in [0.2, 0.25) is 0 Å². The first kappa shape index (κ1) is 9.61. The first-order chi connectivity index (χ1) is 6.77. The minimum Gasteiger partial charge on any atom is -0.314 e. The zero-order valence-electron chi connectivity index (χ0n) is 8.01. The van der Waals surface area contributed by atoms with E-state index < -0.39 is 0 Å². The molecule has 0 aromatic carbocycles. The van der Waals surface area contributed by atoms with Gasteiger partial charge in [0.15, 0.2) is 0 Å². The van der Waals surface area contributed by atoms with Gasteiger partial charge in [-0.05, 0) is 6.42 Å². The van der Waals surface area contributed by atoms with Crippen molar-refractivity contribution in [1.29, 1.82) is 0 Å². The molecule has 2 aliphatic rings. The summed E-state index contributed by atoms with van der Waals surface area (Å²) in [5.41, 5.74) is 0. The fourth-order valence-corrected chi connectivity index (χ4v) is 2.05. The molecule has 2 aliphatic heterocycles. The molecule has 2 fully saturated rings. The highest BCUT2D eigenvalue weighted by Crippen LogP contribution is 2.16. The summed E-state index contributed by atoms with van der Waals surface area (Å²) in [6, 6.07) is 0.178. The summed E-state index contributed by atoms with van der Waals surface area (Å²) >= 11 is 0. The number of hydrogen-bond acceptors (Lipinski definition) is 4. The van der Waals surface area contributed by atoms with Gasteiger partial charge in [-0.3, -0.25) is 14.9 Å². The molecule has 0 saturated carbocycles. The van der Waals surface area contributed by atoms with Crippen LogP contribution in [0.1, 0.15) is 12.8 Å². The maximum atomic E-state index is 11.5. The molecule has 2 heterocycles. The highest BCUT2D eigenvalue weighted by molar-refractivity contribution is 5.98. The van der Waals surface area contributed by atoms with Gasteiger partial charge < -0.3 is 10.6 Å². The summed E-state index contributed by atoms with van der Waals surface area (Å²) in [4.78, 5) is 22.4. The molecule has 0 aromatic heterocycles. The molecule has 2 rings (SSSR count). The van der Waals surface area contributed by atoms with Crippen LogP contribution in [0, 0.1) is 5.92 Å². The first-order valence-corrected chi connectivity index (χ1v) is 5.05. The number of carbonyl (C=O) groups excluding carboxylic acids is 2. The molecule has 0 aromatic rings. The van der Waals surface area contributed by atoms with Crippen molar-refractivity contribution >= 4 is 11.8 Å². The van der Waals surface area contributed by atoms with Crippen molar-refractivity contribution in [2.45, 2.75) is 18.9 Å². The second kappa shape index (κ2) is 4.06. The summed E-state index contributed by atoms with van der Waals surface area (Å²) in [7, 11) is 0. The number of imide groups is 1. The largest absolute Gasteiger partial charge is 0.314 e. The number of piperazine rings is 1. The number of piperidine rings is 1. The molecule has 2 atom stereocenters. The van der Waals surface area contributed by atoms with Crippen LogP contribution in [-0.4, -0.2) is 37.5 Å². The molecule has 0 bridgehead atoms. The smallest absolute Gasteiger partial charge is 0.231 e. The van der Waals surface area contributed by atoms with Gasteiger partial charge in [0.25, 0.3) is 0 Å². The van der Waals surface area contributed by atoms with E-state index in [1.54, 1.807) is 0 Å². The van der Waals surface area contributed by atoms with E-state index in [0.29, 0.717) is 12.8 Å². The van der Waals surface area contributed by atoms with Crippen molar-refractivity contribution in [3.05, 3.63) is 0 Å². The monoisotopic (exact) mass is 197 g/mol. The lowest BCUT2D eigenvalue weighted by atomic mass is 9.90. The van der Waals surface area contributed by atoms with Crippen LogP contribution in [0.3, 0.4) is 0 Å². The Kier molecular flexibility index (Phi) is 2.79. The van der Waals surface area contributed by atoms with E-state index in [1.165, 1.54) is 0 Å². The Morgan fingerprint density at radius 2 is 2.07 bits per heavy atom. The van der Waals surface area contributed by atoms with Gasteiger partial charge in [-0.1, -0.05) is 0 Å². The van der Waals surface area contributed by atoms with E-state index >= 15 is 0 Å². The predicted molar refractivity (Wildman–Crippen MR) is 50.5 cm³/mol. The van der Waals surface area contributed by atoms with Crippen LogP contribution < -0.4 is 16.0 Å². The standard InChI is InChI=1S/C9H15N3O2/c13-8-2-1-6(9(14)12-8)7-5-10-3-4-11-7/h6-7,10-11H,1-5H2,(H,12,13,14). The van der Waals surface area contributed by atoms with Crippen molar-refractivity contribution in [2.24, 2.45) is 5.92 Å². The Morgan fingerprint density at radius 1 is 1.21 bits per heavy atom. The van der Waals surface area contributed by atoms with E-state index in [0.717, 1.165) is 19.6 Å². The highest BCUT2D eigenvalue weighted by Gasteiger charge is 2.33. The average molecular weight is 197 g/mol. The molecule has 14 heavy (non-hydrogen) atoms. The molecule has 5 heteroatoms. The normalized spacial score (nSPS) is 34.0. The molecule has 0 radical (unpaired) electrons. The number of nitrogens with one attached hydrogen (secondary N) is 3. The summed E-state index contributed by atoms with van der Waals surface area (Å²) in [6.07, 6.45) is 1.14. The van der Waals surface area contributed by atoms with Gasteiger partial charge in [-0.15, -0.1) is 0 Å². The fraction of sp³-hybridized carbons (Fsp3) is 0.778. The van der Waals surface area contributed by atoms with Gasteiger partial charge >= 0.3 is 0 Å². The first-order valence-electron chi connectivity index (χ1n) is 5.05. The van der Waals surface area contributed by atoms with Crippen LogP contribution in [0.4, 0.5) is 0 Å². The van der Waals surface area contributed by atoms with Crippen LogP contribution in [0.25, 0.3) is 0 Å². The van der Waals surface area contributed by atoms with Crippen LogP contribution in [-0.2, 0) is 9.59 Å². The molecular formula is C9H15N3O2. The summed E-state index contributed by atoms with van der Waals surface area (Å²) in [6.45, 7) is 2.65. The van der Waals surface area contributed by atoms with Crippen LogP contribution in [0.15, 0.2) is 0 Å². The summed E-state index contributed by atoms with van der Waals surface area (Å²) in [5, 5.41) is 8.92. The Morgan fingerprint density at radius 3 is 2.71 bits per heavy atom. The predicted octanol–water partition coefficient (Wildman–Crippen LogP) is -1.40. The fourth-order valence-electron chi connectivity index (χ4n) is 2.05. The molecule has 2 amide bonds. The summed E-state index contributed by atoms with van der Waals surface area (Å²) in [5.74, 6) is -0.321. The topological polar surface area (TPSA) is 70.2 Å². The molecule has 2 saturated heterocycles. The van der Waals surface area contributed by atoms with Crippen molar-refractivity contribution in [3.8, 4) is 0 Å². The van der Waals surface area contributed by atoms with Gasteiger partial charge in [0.2, 0.25) is 11.8 Å². The Hall–Kier alpha value is -0.940. The van der Waals surface area contributed by atoms with Gasteiger partial charge in [0.1, 0.15) is 0 Å². The maximum absolute atomic E-state index is 11.5. The van der Waals surface area contributed by atoms with Crippen molar-refractivity contribution in [2.75, 3.05) is 19.6 Å². The number of amides is 2. The van der Waals surface area contributed by atoms with E-state index in [-0.39, 0.29) is 23.8 Å². The van der Waals surface area contributed by atoms with E-state index in [9.17, 15) is 9.59 Å². The zero-order valence-corrected chi connectivity index (χ0v) is 8.01. The third-order valence-electron chi connectivity index (χ3n) is 2.84. The number of rotatable bonds is 1. The van der Waals surface area contributed by atoms with E-state index in [2.05, 4.69) is 16.0 Å². The zero-order chi connectivity index (χ0) is 9.97. The van der Waals surface area contributed by atoms with Crippen molar-refractivity contribution in [3.63, 3.8) is 0 Å². The quantitative estimate of drug-likeness (QED) is 0.452. The Labute approximate surface area is 82.6 Å². The van der Waals surface area contributed by atoms with Gasteiger partial charge in [0.05, 0.1) is 5.92 Å². The molecule has 2 unspecified atom stereocenters. The number of hydrogen-bond donors (Lipinski definition) is 3. The van der Waals surface area contributed by atoms with Gasteiger partial charge in [-0.2, -0.15) is 0 Å². The lowest BCUT2D eigenvalue weighted by Gasteiger charge is -2.32. The molecular weight excluding hydrogens is 182 g/mol. The maximum Gasteiger partial charge on any atom is 0.231 e. The SMILES string of the molecule is O=C1CCC(C2CNCCN2)C(=O)N1. The van der Waals surface area contributed by atoms with Gasteiger partial charge in [-0.25, -0.2) is 0 Å². The minimum atomic E-state index is -0.144.